The van der Waals surface area contributed by atoms with Crippen LogP contribution in [0.5, 0.6) is 0 Å². The van der Waals surface area contributed by atoms with Gasteiger partial charge in [-0.3, -0.25) is 0 Å². The highest BCUT2D eigenvalue weighted by atomic mass is 32.1. The van der Waals surface area contributed by atoms with Gasteiger partial charge in [-0.25, -0.2) is 0 Å². The average Bonchev–Trinajstić information content (AvgIpc) is 2.65. The van der Waals surface area contributed by atoms with Gasteiger partial charge >= 0.3 is 0 Å². The van der Waals surface area contributed by atoms with Crippen molar-refractivity contribution in [2.24, 2.45) is 11.3 Å². The average molecular weight is 229 g/mol. The Balaban J connectivity index is 1.89. The number of thiol groups is 1. The van der Waals surface area contributed by atoms with Crippen molar-refractivity contribution in [2.45, 2.75) is 26.2 Å². The van der Waals surface area contributed by atoms with Gasteiger partial charge in [0.1, 0.15) is 0 Å². The molecule has 0 aromatic rings. The highest BCUT2D eigenvalue weighted by Gasteiger charge is 2.34. The summed E-state index contributed by atoms with van der Waals surface area (Å²) >= 11 is 4.56. The van der Waals surface area contributed by atoms with Crippen molar-refractivity contribution in [2.75, 3.05) is 38.6 Å². The summed E-state index contributed by atoms with van der Waals surface area (Å²) in [5.74, 6) is 1.91. The molecule has 1 unspecified atom stereocenters. The van der Waals surface area contributed by atoms with Crippen LogP contribution in [-0.4, -0.2) is 43.5 Å². The second-order valence-electron chi connectivity index (χ2n) is 5.40. The van der Waals surface area contributed by atoms with Gasteiger partial charge in [0.15, 0.2) is 0 Å². The third-order valence-electron chi connectivity index (χ3n) is 3.96. The number of likely N-dealkylation sites (tertiary alicyclic amines) is 1. The smallest absolute Gasteiger partial charge is 0.0472 e. The molecule has 0 bridgehead atoms. The molecular formula is C12H23NOS. The predicted octanol–water partition coefficient (Wildman–Crippen LogP) is 2.05. The summed E-state index contributed by atoms with van der Waals surface area (Å²) < 4.78 is 5.46. The molecule has 0 radical (unpaired) electrons. The molecule has 0 amide bonds. The highest BCUT2D eigenvalue weighted by molar-refractivity contribution is 7.80. The van der Waals surface area contributed by atoms with Crippen LogP contribution < -0.4 is 0 Å². The van der Waals surface area contributed by atoms with E-state index >= 15 is 0 Å². The van der Waals surface area contributed by atoms with E-state index in [4.69, 9.17) is 4.74 Å². The molecule has 0 N–H and O–H groups in total. The van der Waals surface area contributed by atoms with Crippen LogP contribution in [0, 0.1) is 11.3 Å². The third-order valence-corrected chi connectivity index (χ3v) is 4.63. The quantitative estimate of drug-likeness (QED) is 0.744. The predicted molar refractivity (Wildman–Crippen MR) is 66.6 cm³/mol. The maximum atomic E-state index is 5.46. The molecule has 0 saturated carbocycles. The minimum atomic E-state index is 0.436. The van der Waals surface area contributed by atoms with Crippen LogP contribution in [0.15, 0.2) is 0 Å². The molecule has 2 rings (SSSR count). The van der Waals surface area contributed by atoms with E-state index in [0.717, 1.165) is 24.9 Å². The Hall–Kier alpha value is 0.270. The van der Waals surface area contributed by atoms with E-state index in [2.05, 4.69) is 24.5 Å². The zero-order valence-corrected chi connectivity index (χ0v) is 10.6. The molecule has 0 aromatic carbocycles. The van der Waals surface area contributed by atoms with E-state index in [1.54, 1.807) is 0 Å². The standard InChI is InChI=1S/C12H23NOS/c1-11-2-5-13(8-11)9-12(10-15)3-6-14-7-4-12/h11,15H,2-10H2,1H3. The topological polar surface area (TPSA) is 12.5 Å². The lowest BCUT2D eigenvalue weighted by Gasteiger charge is -2.39. The molecule has 0 spiro atoms. The van der Waals surface area contributed by atoms with E-state index in [0.29, 0.717) is 5.41 Å². The second-order valence-corrected chi connectivity index (χ2v) is 5.72. The molecule has 2 aliphatic heterocycles. The van der Waals surface area contributed by atoms with Gasteiger partial charge in [-0.15, -0.1) is 0 Å². The van der Waals surface area contributed by atoms with Crippen molar-refractivity contribution in [3.05, 3.63) is 0 Å². The molecule has 0 aliphatic carbocycles. The molecule has 88 valence electrons. The molecular weight excluding hydrogens is 206 g/mol. The number of ether oxygens (including phenoxy) is 1. The van der Waals surface area contributed by atoms with Crippen LogP contribution in [0.2, 0.25) is 0 Å². The lowest BCUT2D eigenvalue weighted by molar-refractivity contribution is 0.0108. The SMILES string of the molecule is CC1CCN(CC2(CS)CCOCC2)C1. The fourth-order valence-electron chi connectivity index (χ4n) is 2.81. The first-order valence-corrected chi connectivity index (χ1v) is 6.78. The molecule has 0 aromatic heterocycles. The van der Waals surface area contributed by atoms with E-state index in [9.17, 15) is 0 Å². The molecule has 1 atom stereocenters. The summed E-state index contributed by atoms with van der Waals surface area (Å²) in [5.41, 5.74) is 0.436. The van der Waals surface area contributed by atoms with Crippen molar-refractivity contribution in [1.82, 2.24) is 4.90 Å². The molecule has 2 saturated heterocycles. The molecule has 2 fully saturated rings. The zero-order chi connectivity index (χ0) is 10.7. The Labute approximate surface area is 98.8 Å². The lowest BCUT2D eigenvalue weighted by Crippen LogP contribution is -2.42. The minimum Gasteiger partial charge on any atom is -0.381 e. The maximum Gasteiger partial charge on any atom is 0.0472 e. The largest absolute Gasteiger partial charge is 0.381 e. The van der Waals surface area contributed by atoms with Gasteiger partial charge in [0, 0.05) is 26.3 Å². The summed E-state index contributed by atoms with van der Waals surface area (Å²) in [6.45, 7) is 8.05. The molecule has 2 aliphatic rings. The highest BCUT2D eigenvalue weighted by Crippen LogP contribution is 2.34. The summed E-state index contributed by atoms with van der Waals surface area (Å²) in [6, 6.07) is 0. The van der Waals surface area contributed by atoms with Crippen LogP contribution in [0.3, 0.4) is 0 Å². The van der Waals surface area contributed by atoms with Gasteiger partial charge in [0.25, 0.3) is 0 Å². The van der Waals surface area contributed by atoms with Crippen molar-refractivity contribution in [1.29, 1.82) is 0 Å². The fraction of sp³-hybridized carbons (Fsp3) is 1.00. The number of hydrogen-bond donors (Lipinski definition) is 1. The molecule has 15 heavy (non-hydrogen) atoms. The van der Waals surface area contributed by atoms with Gasteiger partial charge in [-0.1, -0.05) is 6.92 Å². The molecule has 2 heterocycles. The second kappa shape index (κ2) is 5.07. The van der Waals surface area contributed by atoms with Crippen molar-refractivity contribution >= 4 is 12.6 Å². The van der Waals surface area contributed by atoms with E-state index in [1.807, 2.05) is 0 Å². The fourth-order valence-corrected chi connectivity index (χ4v) is 3.23. The number of nitrogens with zero attached hydrogens (tertiary/aromatic N) is 1. The van der Waals surface area contributed by atoms with E-state index in [-0.39, 0.29) is 0 Å². The summed E-state index contributed by atoms with van der Waals surface area (Å²) in [5, 5.41) is 0. The van der Waals surface area contributed by atoms with Crippen LogP contribution in [0.25, 0.3) is 0 Å². The van der Waals surface area contributed by atoms with Crippen LogP contribution in [-0.2, 0) is 4.74 Å². The molecule has 2 nitrogen and oxygen atoms in total. The Morgan fingerprint density at radius 1 is 1.40 bits per heavy atom. The Bertz CT molecular complexity index is 204. The third kappa shape index (κ3) is 2.89. The van der Waals surface area contributed by atoms with Gasteiger partial charge in [-0.05, 0) is 42.9 Å². The lowest BCUT2D eigenvalue weighted by atomic mass is 9.81. The Morgan fingerprint density at radius 2 is 2.13 bits per heavy atom. The first kappa shape index (κ1) is 11.7. The van der Waals surface area contributed by atoms with Crippen molar-refractivity contribution in [3.63, 3.8) is 0 Å². The van der Waals surface area contributed by atoms with Gasteiger partial charge < -0.3 is 9.64 Å². The van der Waals surface area contributed by atoms with E-state index in [1.165, 1.54) is 38.9 Å². The summed E-state index contributed by atoms with van der Waals surface area (Å²) in [6.07, 6.45) is 3.77. The van der Waals surface area contributed by atoms with Gasteiger partial charge in [-0.2, -0.15) is 12.6 Å². The van der Waals surface area contributed by atoms with Crippen molar-refractivity contribution < 1.29 is 4.74 Å². The van der Waals surface area contributed by atoms with Crippen LogP contribution in [0.4, 0.5) is 0 Å². The number of rotatable bonds is 3. The first-order chi connectivity index (χ1) is 7.24. The summed E-state index contributed by atoms with van der Waals surface area (Å²) in [4.78, 5) is 2.63. The first-order valence-electron chi connectivity index (χ1n) is 6.15. The number of hydrogen-bond acceptors (Lipinski definition) is 3. The van der Waals surface area contributed by atoms with Crippen LogP contribution >= 0.6 is 12.6 Å². The van der Waals surface area contributed by atoms with Gasteiger partial charge in [0.05, 0.1) is 0 Å². The summed E-state index contributed by atoms with van der Waals surface area (Å²) in [7, 11) is 0. The van der Waals surface area contributed by atoms with Crippen molar-refractivity contribution in [3.8, 4) is 0 Å². The Morgan fingerprint density at radius 3 is 2.67 bits per heavy atom. The zero-order valence-electron chi connectivity index (χ0n) is 9.74. The minimum absolute atomic E-state index is 0.436. The van der Waals surface area contributed by atoms with E-state index < -0.39 is 0 Å². The monoisotopic (exact) mass is 229 g/mol. The maximum absolute atomic E-state index is 5.46. The Kier molecular flexibility index (Phi) is 3.97. The van der Waals surface area contributed by atoms with Gasteiger partial charge in [0.2, 0.25) is 0 Å². The normalized spacial score (nSPS) is 32.0. The molecule has 3 heteroatoms. The van der Waals surface area contributed by atoms with Crippen LogP contribution in [0.1, 0.15) is 26.2 Å².